The highest BCUT2D eigenvalue weighted by molar-refractivity contribution is 8.14. The number of aryl methyl sites for hydroxylation is 2. The summed E-state index contributed by atoms with van der Waals surface area (Å²) < 4.78 is 0. The second-order valence-corrected chi connectivity index (χ2v) is 8.38. The molecule has 1 aromatic carbocycles. The maximum atomic E-state index is 12.7. The molecule has 152 valence electrons. The highest BCUT2D eigenvalue weighted by Gasteiger charge is 2.37. The summed E-state index contributed by atoms with van der Waals surface area (Å²) in [4.78, 5) is 33.8. The number of nitrogens with zero attached hydrogens (tertiary/aromatic N) is 3. The predicted molar refractivity (Wildman–Crippen MR) is 120 cm³/mol. The van der Waals surface area contributed by atoms with Crippen molar-refractivity contribution in [2.24, 2.45) is 10.9 Å². The Morgan fingerprint density at radius 1 is 1.17 bits per heavy atom. The Morgan fingerprint density at radius 3 is 2.53 bits per heavy atom. The maximum Gasteiger partial charge on any atom is 0.173 e. The third kappa shape index (κ3) is 4.42. The number of hydrogen-bond acceptors (Lipinski definition) is 6. The molecule has 2 heterocycles. The minimum atomic E-state index is -0.644. The normalized spacial score (nSPS) is 18.6. The number of benzene rings is 1. The highest BCUT2D eigenvalue weighted by Crippen LogP contribution is 2.41. The molecule has 2 atom stereocenters. The van der Waals surface area contributed by atoms with E-state index < -0.39 is 11.8 Å². The summed E-state index contributed by atoms with van der Waals surface area (Å²) in [6.45, 7) is 7.26. The highest BCUT2D eigenvalue weighted by atomic mass is 32.2. The smallest absolute Gasteiger partial charge is 0.173 e. The lowest BCUT2D eigenvalue weighted by Gasteiger charge is -2.29. The van der Waals surface area contributed by atoms with Gasteiger partial charge in [-0.2, -0.15) is 5.26 Å². The number of rotatable bonds is 5. The summed E-state index contributed by atoms with van der Waals surface area (Å²) in [7, 11) is 0. The Bertz CT molecular complexity index is 1100. The van der Waals surface area contributed by atoms with Crippen molar-refractivity contribution in [2.45, 2.75) is 33.6 Å². The Balaban J connectivity index is 1.91. The van der Waals surface area contributed by atoms with Crippen LogP contribution in [0.3, 0.4) is 0 Å². The van der Waals surface area contributed by atoms with Crippen LogP contribution in [0.25, 0.3) is 0 Å². The van der Waals surface area contributed by atoms with Gasteiger partial charge >= 0.3 is 0 Å². The predicted octanol–water partition coefficient (Wildman–Crippen LogP) is 4.81. The lowest BCUT2D eigenvalue weighted by molar-refractivity contribution is -0.114. The van der Waals surface area contributed by atoms with Crippen molar-refractivity contribution in [2.75, 3.05) is 5.75 Å². The molecular weight excluding hydrogens is 394 g/mol. The van der Waals surface area contributed by atoms with E-state index >= 15 is 0 Å². The molecular formula is C24H23N3O2S. The number of aliphatic imine (C=N–C) groups is 1. The van der Waals surface area contributed by atoms with Gasteiger partial charge in [0, 0.05) is 35.1 Å². The van der Waals surface area contributed by atoms with Gasteiger partial charge in [-0.05, 0) is 56.5 Å². The Kier molecular flexibility index (Phi) is 6.63. The van der Waals surface area contributed by atoms with E-state index in [1.54, 1.807) is 25.4 Å². The number of pyridine rings is 1. The monoisotopic (exact) mass is 417 g/mol. The molecule has 0 N–H and O–H groups in total. The van der Waals surface area contributed by atoms with Crippen LogP contribution in [-0.2, 0) is 4.79 Å². The molecule has 0 fully saturated rings. The fourth-order valence-corrected chi connectivity index (χ4v) is 4.63. The SMILES string of the molecule is CC(=O)C1=C(C)N=C(SCC(=O)c2ccc(C)c(C)c2)C(C#N)[C@@H]1c1cccnc1. The maximum absolute atomic E-state index is 12.7. The standard InChI is InChI=1S/C24H23N3O2S/c1-14-7-8-18(10-15(14)2)21(29)13-30-24-20(11-25)23(19-6-5-9-26-12-19)22(17(4)28)16(3)27-24/h5-10,12,20,23H,13H2,1-4H3/t20?,23-/m0/s1. The van der Waals surface area contributed by atoms with Crippen LogP contribution in [0.1, 0.15) is 46.8 Å². The molecule has 0 amide bonds. The van der Waals surface area contributed by atoms with Crippen molar-refractivity contribution in [3.8, 4) is 6.07 Å². The van der Waals surface area contributed by atoms with Gasteiger partial charge in [0.2, 0.25) is 0 Å². The van der Waals surface area contributed by atoms with Gasteiger partial charge in [0.25, 0.3) is 0 Å². The summed E-state index contributed by atoms with van der Waals surface area (Å²) in [5.74, 6) is -1.03. The number of carbonyl (C=O) groups is 2. The van der Waals surface area contributed by atoms with Crippen molar-refractivity contribution < 1.29 is 9.59 Å². The van der Waals surface area contributed by atoms with Crippen LogP contribution in [-0.4, -0.2) is 27.3 Å². The molecule has 0 radical (unpaired) electrons. The molecule has 1 unspecified atom stereocenters. The van der Waals surface area contributed by atoms with Gasteiger partial charge in [0.15, 0.2) is 11.6 Å². The first-order valence-corrected chi connectivity index (χ1v) is 10.6. The van der Waals surface area contributed by atoms with E-state index in [1.165, 1.54) is 18.7 Å². The van der Waals surface area contributed by atoms with Crippen molar-refractivity contribution in [3.05, 3.63) is 76.2 Å². The van der Waals surface area contributed by atoms with Crippen LogP contribution in [0.15, 0.2) is 59.0 Å². The van der Waals surface area contributed by atoms with Gasteiger partial charge in [-0.25, -0.2) is 4.99 Å². The first-order valence-electron chi connectivity index (χ1n) is 9.66. The average molecular weight is 418 g/mol. The van der Waals surface area contributed by atoms with E-state index in [9.17, 15) is 14.9 Å². The topological polar surface area (TPSA) is 83.2 Å². The molecule has 1 aromatic heterocycles. The fraction of sp³-hybridized carbons (Fsp3) is 0.292. The van der Waals surface area contributed by atoms with E-state index in [4.69, 9.17) is 0 Å². The van der Waals surface area contributed by atoms with Gasteiger partial charge in [-0.15, -0.1) is 11.8 Å². The first kappa shape index (κ1) is 21.7. The third-order valence-corrected chi connectivity index (χ3v) is 6.37. The van der Waals surface area contributed by atoms with Gasteiger partial charge in [-0.1, -0.05) is 18.2 Å². The summed E-state index contributed by atoms with van der Waals surface area (Å²) in [5.41, 5.74) is 4.76. The first-order chi connectivity index (χ1) is 14.3. The van der Waals surface area contributed by atoms with Gasteiger partial charge < -0.3 is 0 Å². The summed E-state index contributed by atoms with van der Waals surface area (Å²) in [6.07, 6.45) is 3.34. The minimum absolute atomic E-state index is 0.0144. The molecule has 6 heteroatoms. The van der Waals surface area contributed by atoms with Crippen LogP contribution < -0.4 is 0 Å². The second-order valence-electron chi connectivity index (χ2n) is 7.39. The minimum Gasteiger partial charge on any atom is -0.295 e. The Hall–Kier alpha value is -3.04. The Morgan fingerprint density at radius 2 is 1.93 bits per heavy atom. The van der Waals surface area contributed by atoms with Gasteiger partial charge in [0.1, 0.15) is 5.92 Å². The molecule has 2 aromatic rings. The summed E-state index contributed by atoms with van der Waals surface area (Å²) in [5, 5.41) is 10.5. The third-order valence-electron chi connectivity index (χ3n) is 5.32. The van der Waals surface area contributed by atoms with E-state index in [1.807, 2.05) is 38.1 Å². The zero-order valence-corrected chi connectivity index (χ0v) is 18.3. The number of aromatic nitrogens is 1. The lowest BCUT2D eigenvalue weighted by atomic mass is 9.78. The van der Waals surface area contributed by atoms with Crippen LogP contribution >= 0.6 is 11.8 Å². The molecule has 0 saturated heterocycles. The van der Waals surface area contributed by atoms with Crippen LogP contribution in [0.5, 0.6) is 0 Å². The number of carbonyl (C=O) groups excluding carboxylic acids is 2. The van der Waals surface area contributed by atoms with E-state index in [2.05, 4.69) is 16.0 Å². The average Bonchev–Trinajstić information content (AvgIpc) is 2.73. The van der Waals surface area contributed by atoms with Crippen LogP contribution in [0, 0.1) is 31.1 Å². The van der Waals surface area contributed by atoms with E-state index in [-0.39, 0.29) is 17.3 Å². The number of hydrogen-bond donors (Lipinski definition) is 0. The van der Waals surface area contributed by atoms with Crippen molar-refractivity contribution in [1.29, 1.82) is 5.26 Å². The zero-order valence-electron chi connectivity index (χ0n) is 17.5. The van der Waals surface area contributed by atoms with Gasteiger partial charge in [-0.3, -0.25) is 14.6 Å². The van der Waals surface area contributed by atoms with Crippen molar-refractivity contribution >= 4 is 28.4 Å². The molecule has 0 aliphatic carbocycles. The quantitative estimate of drug-likeness (QED) is 0.652. The number of thioether (sulfide) groups is 1. The van der Waals surface area contributed by atoms with Gasteiger partial charge in [0.05, 0.1) is 16.9 Å². The van der Waals surface area contributed by atoms with Crippen molar-refractivity contribution in [3.63, 3.8) is 0 Å². The van der Waals surface area contributed by atoms with E-state index in [0.717, 1.165) is 16.7 Å². The molecule has 30 heavy (non-hydrogen) atoms. The Labute approximate surface area is 180 Å². The lowest BCUT2D eigenvalue weighted by Crippen LogP contribution is -2.28. The van der Waals surface area contributed by atoms with Crippen LogP contribution in [0.4, 0.5) is 0 Å². The molecule has 3 rings (SSSR count). The second kappa shape index (κ2) is 9.19. The number of allylic oxidation sites excluding steroid dienone is 2. The summed E-state index contributed by atoms with van der Waals surface area (Å²) in [6, 6.07) is 11.6. The molecule has 5 nitrogen and oxygen atoms in total. The van der Waals surface area contributed by atoms with E-state index in [0.29, 0.717) is 21.9 Å². The molecule has 1 aliphatic heterocycles. The summed E-state index contributed by atoms with van der Waals surface area (Å²) >= 11 is 1.27. The van der Waals surface area contributed by atoms with Crippen LogP contribution in [0.2, 0.25) is 0 Å². The number of nitriles is 1. The molecule has 1 aliphatic rings. The molecule has 0 spiro atoms. The molecule has 0 saturated carbocycles. The molecule has 0 bridgehead atoms. The number of ketones is 2. The van der Waals surface area contributed by atoms with Crippen molar-refractivity contribution in [1.82, 2.24) is 4.98 Å². The zero-order chi connectivity index (χ0) is 21.8. The fourth-order valence-electron chi connectivity index (χ4n) is 3.61. The number of Topliss-reactive ketones (excluding diaryl/α,β-unsaturated/α-hetero) is 2. The largest absolute Gasteiger partial charge is 0.295 e.